The van der Waals surface area contributed by atoms with E-state index >= 15 is 0 Å². The second-order valence-corrected chi connectivity index (χ2v) is 16.5. The maximum Gasteiger partial charge on any atom is 0.404 e. The number of nitrogens with one attached hydrogen (secondary N) is 3. The molecule has 0 radical (unpaired) electrons. The quantitative estimate of drug-likeness (QED) is 0.404. The Kier molecular flexibility index (Phi) is 9.47. The highest BCUT2D eigenvalue weighted by atomic mass is 28.3. The van der Waals surface area contributed by atoms with Gasteiger partial charge < -0.3 is 21.1 Å². The van der Waals surface area contributed by atoms with Crippen LogP contribution in [0.15, 0.2) is 0 Å². The first-order chi connectivity index (χ1) is 12.8. The Morgan fingerprint density at radius 2 is 1.71 bits per heavy atom. The fraction of sp³-hybridized carbons (Fsp3) is 0.905. The van der Waals surface area contributed by atoms with Gasteiger partial charge in [-0.05, 0) is 51.9 Å². The lowest BCUT2D eigenvalue weighted by molar-refractivity contribution is -0.121. The van der Waals surface area contributed by atoms with Gasteiger partial charge in [-0.3, -0.25) is 4.79 Å². The fourth-order valence-corrected chi connectivity index (χ4v) is 5.43. The molecule has 2 amide bonds. The van der Waals surface area contributed by atoms with Crippen LogP contribution in [0.25, 0.3) is 0 Å². The summed E-state index contributed by atoms with van der Waals surface area (Å²) in [6, 6.07) is 1.28. The number of hydrogen-bond donors (Lipinski definition) is 4. The SMILES string of the molecule is CC(C)(C)NC(=O)CNC(CNC(=O)O)CC1(CC[Si](C)(C)C)CCCCC1. The Labute approximate surface area is 172 Å². The van der Waals surface area contributed by atoms with Crippen LogP contribution < -0.4 is 16.0 Å². The summed E-state index contributed by atoms with van der Waals surface area (Å²) in [5, 5.41) is 17.9. The Morgan fingerprint density at radius 1 is 1.11 bits per heavy atom. The Hall–Kier alpha value is -1.08. The summed E-state index contributed by atoms with van der Waals surface area (Å²) in [7, 11) is -1.13. The molecule has 0 aromatic heterocycles. The van der Waals surface area contributed by atoms with Gasteiger partial charge in [-0.1, -0.05) is 44.9 Å². The molecule has 1 aliphatic rings. The summed E-state index contributed by atoms with van der Waals surface area (Å²) in [5.74, 6) is -0.0485. The number of hydrogen-bond acceptors (Lipinski definition) is 3. The number of amides is 2. The zero-order valence-electron chi connectivity index (χ0n) is 18.9. The van der Waals surface area contributed by atoms with Gasteiger partial charge in [0.2, 0.25) is 5.91 Å². The third-order valence-electron chi connectivity index (χ3n) is 5.56. The Balaban J connectivity index is 2.78. The van der Waals surface area contributed by atoms with E-state index in [2.05, 4.69) is 35.6 Å². The Bertz CT molecular complexity index is 506. The fourth-order valence-electron chi connectivity index (χ4n) is 4.15. The van der Waals surface area contributed by atoms with E-state index in [0.29, 0.717) is 6.54 Å². The van der Waals surface area contributed by atoms with Crippen molar-refractivity contribution in [3.05, 3.63) is 0 Å². The summed E-state index contributed by atoms with van der Waals surface area (Å²) < 4.78 is 0. The number of rotatable bonds is 10. The third-order valence-corrected chi connectivity index (χ3v) is 7.31. The van der Waals surface area contributed by atoms with Crippen molar-refractivity contribution in [2.75, 3.05) is 13.1 Å². The van der Waals surface area contributed by atoms with Crippen molar-refractivity contribution in [3.63, 3.8) is 0 Å². The highest BCUT2D eigenvalue weighted by molar-refractivity contribution is 6.76. The minimum atomic E-state index is -1.13. The molecule has 28 heavy (non-hydrogen) atoms. The zero-order chi connectivity index (χ0) is 21.4. The van der Waals surface area contributed by atoms with Gasteiger partial charge >= 0.3 is 6.09 Å². The molecule has 4 N–H and O–H groups in total. The largest absolute Gasteiger partial charge is 0.465 e. The maximum atomic E-state index is 12.2. The maximum absolute atomic E-state index is 12.2. The van der Waals surface area contributed by atoms with Crippen LogP contribution in [0, 0.1) is 5.41 Å². The van der Waals surface area contributed by atoms with Crippen molar-refractivity contribution in [3.8, 4) is 0 Å². The molecule has 0 aliphatic heterocycles. The Morgan fingerprint density at radius 3 is 2.21 bits per heavy atom. The summed E-state index contributed by atoms with van der Waals surface area (Å²) >= 11 is 0. The highest BCUT2D eigenvalue weighted by Gasteiger charge is 2.35. The third kappa shape index (κ3) is 11.0. The van der Waals surface area contributed by atoms with E-state index in [1.165, 1.54) is 44.6 Å². The van der Waals surface area contributed by atoms with Crippen molar-refractivity contribution in [2.45, 2.75) is 103 Å². The van der Waals surface area contributed by atoms with Crippen LogP contribution >= 0.6 is 0 Å². The molecule has 1 aliphatic carbocycles. The van der Waals surface area contributed by atoms with Crippen molar-refractivity contribution < 1.29 is 14.7 Å². The molecule has 1 rings (SSSR count). The molecule has 0 bridgehead atoms. The average Bonchev–Trinajstić information content (AvgIpc) is 2.54. The lowest BCUT2D eigenvalue weighted by Crippen LogP contribution is -2.50. The first kappa shape index (κ1) is 25.0. The molecule has 1 fully saturated rings. The molecule has 0 aromatic rings. The second-order valence-electron chi connectivity index (χ2n) is 10.9. The predicted octanol–water partition coefficient (Wildman–Crippen LogP) is 4.20. The molecule has 0 saturated heterocycles. The molecule has 0 spiro atoms. The van der Waals surface area contributed by atoms with Crippen LogP contribution in [0.4, 0.5) is 4.79 Å². The monoisotopic (exact) mass is 413 g/mol. The van der Waals surface area contributed by atoms with Crippen molar-refractivity contribution >= 4 is 20.1 Å². The molecule has 6 nitrogen and oxygen atoms in total. The highest BCUT2D eigenvalue weighted by Crippen LogP contribution is 2.45. The number of carboxylic acid groups (broad SMARTS) is 1. The topological polar surface area (TPSA) is 90.5 Å². The van der Waals surface area contributed by atoms with Gasteiger partial charge in [-0.25, -0.2) is 4.79 Å². The molecular weight excluding hydrogens is 370 g/mol. The lowest BCUT2D eigenvalue weighted by atomic mass is 9.68. The number of carbonyl (C=O) groups excluding carboxylic acids is 1. The smallest absolute Gasteiger partial charge is 0.404 e. The van der Waals surface area contributed by atoms with E-state index in [9.17, 15) is 9.59 Å². The minimum Gasteiger partial charge on any atom is -0.465 e. The van der Waals surface area contributed by atoms with Gasteiger partial charge in [-0.2, -0.15) is 0 Å². The first-order valence-electron chi connectivity index (χ1n) is 10.8. The summed E-state index contributed by atoms with van der Waals surface area (Å²) in [4.78, 5) is 23.3. The van der Waals surface area contributed by atoms with E-state index in [0.717, 1.165) is 6.42 Å². The van der Waals surface area contributed by atoms with Crippen LogP contribution in [-0.4, -0.2) is 49.9 Å². The average molecular weight is 414 g/mol. The first-order valence-corrected chi connectivity index (χ1v) is 14.5. The van der Waals surface area contributed by atoms with Gasteiger partial charge in [0.1, 0.15) is 0 Å². The van der Waals surface area contributed by atoms with Gasteiger partial charge in [0.25, 0.3) is 0 Å². The molecule has 1 atom stereocenters. The van der Waals surface area contributed by atoms with Crippen molar-refractivity contribution in [1.29, 1.82) is 0 Å². The summed E-state index contributed by atoms with van der Waals surface area (Å²) in [6.45, 7) is 13.7. The summed E-state index contributed by atoms with van der Waals surface area (Å²) in [6.07, 6.45) is 7.40. The minimum absolute atomic E-state index is 0.0263. The van der Waals surface area contributed by atoms with E-state index < -0.39 is 14.2 Å². The predicted molar refractivity (Wildman–Crippen MR) is 119 cm³/mol. The zero-order valence-corrected chi connectivity index (χ0v) is 19.9. The molecule has 0 aromatic carbocycles. The molecule has 0 heterocycles. The van der Waals surface area contributed by atoms with Crippen molar-refractivity contribution in [1.82, 2.24) is 16.0 Å². The van der Waals surface area contributed by atoms with Crippen LogP contribution in [0.3, 0.4) is 0 Å². The van der Waals surface area contributed by atoms with Crippen LogP contribution in [0.2, 0.25) is 25.7 Å². The van der Waals surface area contributed by atoms with Crippen LogP contribution in [0.1, 0.15) is 65.7 Å². The molecule has 7 heteroatoms. The number of carbonyl (C=O) groups is 2. The van der Waals surface area contributed by atoms with E-state index in [1.807, 2.05) is 20.8 Å². The van der Waals surface area contributed by atoms with Gasteiger partial charge in [0.05, 0.1) is 6.54 Å². The lowest BCUT2D eigenvalue weighted by Gasteiger charge is -2.41. The van der Waals surface area contributed by atoms with Gasteiger partial charge in [0, 0.05) is 26.2 Å². The van der Waals surface area contributed by atoms with Gasteiger partial charge in [-0.15, -0.1) is 0 Å². The molecule has 164 valence electrons. The van der Waals surface area contributed by atoms with E-state index in [4.69, 9.17) is 5.11 Å². The van der Waals surface area contributed by atoms with Crippen molar-refractivity contribution in [2.24, 2.45) is 5.41 Å². The van der Waals surface area contributed by atoms with E-state index in [1.54, 1.807) is 0 Å². The molecular formula is C21H43N3O3Si. The molecule has 1 saturated carbocycles. The summed E-state index contributed by atoms with van der Waals surface area (Å²) in [5.41, 5.74) is 0.00634. The van der Waals surface area contributed by atoms with Crippen LogP contribution in [-0.2, 0) is 4.79 Å². The standard InChI is InChI=1S/C21H43N3O3Si/c1-20(2,3)24-18(25)16-22-17(15-23-19(26)27)14-21(10-8-7-9-11-21)12-13-28(4,5)6/h17,22-23H,7-16H2,1-6H3,(H,24,25)(H,26,27). The van der Waals surface area contributed by atoms with Gasteiger partial charge in [0.15, 0.2) is 0 Å². The normalized spacial score (nSPS) is 18.4. The second kappa shape index (κ2) is 10.6. The molecule has 1 unspecified atom stereocenters. The van der Waals surface area contributed by atoms with E-state index in [-0.39, 0.29) is 29.4 Å². The van der Waals surface area contributed by atoms with Crippen LogP contribution in [0.5, 0.6) is 0 Å².